The van der Waals surface area contributed by atoms with E-state index < -0.39 is 19.0 Å². The van der Waals surface area contributed by atoms with Gasteiger partial charge in [-0.25, -0.2) is 4.99 Å². The van der Waals surface area contributed by atoms with E-state index in [0.29, 0.717) is 5.69 Å². The summed E-state index contributed by atoms with van der Waals surface area (Å²) in [6, 6.07) is 6.30. The normalized spacial score (nSPS) is 20.2. The molecule has 0 aromatic heterocycles. The van der Waals surface area contributed by atoms with E-state index in [1.807, 2.05) is 0 Å². The van der Waals surface area contributed by atoms with Crippen molar-refractivity contribution < 1.29 is 19.1 Å². The van der Waals surface area contributed by atoms with Gasteiger partial charge >= 0.3 is 7.60 Å². The number of benzene rings is 1. The van der Waals surface area contributed by atoms with E-state index in [4.69, 9.17) is 15.5 Å². The number of hydrogen-bond donors (Lipinski definition) is 3. The van der Waals surface area contributed by atoms with Crippen LogP contribution in [0.15, 0.2) is 29.3 Å². The number of ketones is 1. The highest BCUT2D eigenvalue weighted by atomic mass is 31.2. The van der Waals surface area contributed by atoms with Gasteiger partial charge in [0.2, 0.25) is 0 Å². The lowest BCUT2D eigenvalue weighted by Gasteiger charge is -2.21. The highest BCUT2D eigenvalue weighted by Gasteiger charge is 2.42. The minimum atomic E-state index is -4.61. The zero-order valence-corrected chi connectivity index (χ0v) is 8.96. The summed E-state index contributed by atoms with van der Waals surface area (Å²) in [4.78, 5) is 33.7. The number of aliphatic imine (C=N–C) groups is 1. The number of nitrogens with zero attached hydrogens (tertiary/aromatic N) is 1. The molecular formula is C9H9N2O4P. The second-order valence-electron chi connectivity index (χ2n) is 3.41. The zero-order chi connectivity index (χ0) is 11.9. The summed E-state index contributed by atoms with van der Waals surface area (Å²) >= 11 is 0. The maximum atomic E-state index is 11.8. The van der Waals surface area contributed by atoms with E-state index in [-0.39, 0.29) is 11.4 Å². The molecule has 7 heteroatoms. The van der Waals surface area contributed by atoms with E-state index >= 15 is 0 Å². The maximum Gasteiger partial charge on any atom is 0.343 e. The number of carbonyl (C=O) groups excluding carboxylic acids is 1. The molecule has 0 saturated carbocycles. The molecule has 1 aliphatic rings. The van der Waals surface area contributed by atoms with Gasteiger partial charge in [0.05, 0.1) is 5.69 Å². The van der Waals surface area contributed by atoms with Crippen molar-refractivity contribution in [2.24, 2.45) is 10.7 Å². The highest BCUT2D eigenvalue weighted by molar-refractivity contribution is 7.55. The lowest BCUT2D eigenvalue weighted by molar-refractivity contribution is 0.0995. The average molecular weight is 240 g/mol. The summed E-state index contributed by atoms with van der Waals surface area (Å²) in [7, 11) is -4.61. The van der Waals surface area contributed by atoms with Crippen molar-refractivity contribution in [3.05, 3.63) is 29.8 Å². The molecule has 6 nitrogen and oxygen atoms in total. The first-order valence-corrected chi connectivity index (χ1v) is 6.12. The molecule has 1 aromatic rings. The van der Waals surface area contributed by atoms with Gasteiger partial charge in [0.25, 0.3) is 0 Å². The van der Waals surface area contributed by atoms with E-state index in [9.17, 15) is 9.36 Å². The van der Waals surface area contributed by atoms with Crippen molar-refractivity contribution in [3.8, 4) is 0 Å². The van der Waals surface area contributed by atoms with E-state index in [1.165, 1.54) is 6.07 Å². The smallest absolute Gasteiger partial charge is 0.343 e. The summed E-state index contributed by atoms with van der Waals surface area (Å²) in [5.41, 5.74) is 4.28. The minimum Gasteiger partial charge on any atom is -0.386 e. The lowest BCUT2D eigenvalue weighted by Crippen LogP contribution is -2.38. The molecule has 0 bridgehead atoms. The standard InChI is InChI=1S/C9H9N2O4P/c10-9-8(16(13,14)15)7(12)5-3-1-2-4-6(5)11-9/h1-4,8H,(H2,10,11)(H2,13,14,15). The molecule has 84 valence electrons. The first-order chi connectivity index (χ1) is 7.41. The maximum absolute atomic E-state index is 11.8. The molecule has 1 heterocycles. The summed E-state index contributed by atoms with van der Waals surface area (Å²) in [5.74, 6) is -1.02. The average Bonchev–Trinajstić information content (AvgIpc) is 2.15. The van der Waals surface area contributed by atoms with Gasteiger partial charge in [0.15, 0.2) is 11.4 Å². The molecule has 1 unspecified atom stereocenters. The van der Waals surface area contributed by atoms with Gasteiger partial charge in [-0.1, -0.05) is 12.1 Å². The fraction of sp³-hybridized carbons (Fsp3) is 0.111. The molecule has 16 heavy (non-hydrogen) atoms. The predicted octanol–water partition coefficient (Wildman–Crippen LogP) is 0.418. The fourth-order valence-electron chi connectivity index (χ4n) is 1.59. The Morgan fingerprint density at radius 2 is 1.94 bits per heavy atom. The monoisotopic (exact) mass is 240 g/mol. The third kappa shape index (κ3) is 1.67. The zero-order valence-electron chi connectivity index (χ0n) is 8.07. The number of nitrogens with two attached hydrogens (primary N) is 1. The molecular weight excluding hydrogens is 231 g/mol. The molecule has 4 N–H and O–H groups in total. The van der Waals surface area contributed by atoms with E-state index in [1.54, 1.807) is 18.2 Å². The van der Waals surface area contributed by atoms with Gasteiger partial charge in [-0.3, -0.25) is 9.36 Å². The number of para-hydroxylation sites is 1. The van der Waals surface area contributed by atoms with Gasteiger partial charge in [0, 0.05) is 5.56 Å². The van der Waals surface area contributed by atoms with Gasteiger partial charge in [-0.15, -0.1) is 0 Å². The molecule has 1 aliphatic heterocycles. The molecule has 0 spiro atoms. The van der Waals surface area contributed by atoms with Crippen molar-refractivity contribution in [2.75, 3.05) is 0 Å². The third-order valence-electron chi connectivity index (χ3n) is 2.28. The van der Waals surface area contributed by atoms with Crippen LogP contribution in [-0.4, -0.2) is 27.1 Å². The fourth-order valence-corrected chi connectivity index (χ4v) is 2.43. The van der Waals surface area contributed by atoms with Crippen LogP contribution in [0, 0.1) is 0 Å². The summed E-state index contributed by atoms with van der Waals surface area (Å²) in [6.07, 6.45) is 0. The molecule has 0 radical (unpaired) electrons. The second kappa shape index (κ2) is 3.52. The van der Waals surface area contributed by atoms with Crippen LogP contribution in [0.5, 0.6) is 0 Å². The van der Waals surface area contributed by atoms with Crippen LogP contribution in [0.4, 0.5) is 5.69 Å². The van der Waals surface area contributed by atoms with Crippen LogP contribution in [0.1, 0.15) is 10.4 Å². The molecule has 1 atom stereocenters. The van der Waals surface area contributed by atoms with Crippen molar-refractivity contribution in [3.63, 3.8) is 0 Å². The number of carbonyl (C=O) groups is 1. The van der Waals surface area contributed by atoms with Gasteiger partial charge in [-0.05, 0) is 12.1 Å². The molecule has 1 aromatic carbocycles. The number of rotatable bonds is 1. The predicted molar refractivity (Wildman–Crippen MR) is 57.9 cm³/mol. The number of Topliss-reactive ketones (excluding diaryl/α,β-unsaturated/α-hetero) is 1. The highest BCUT2D eigenvalue weighted by Crippen LogP contribution is 2.45. The van der Waals surface area contributed by atoms with Crippen molar-refractivity contribution in [2.45, 2.75) is 5.66 Å². The van der Waals surface area contributed by atoms with Gasteiger partial charge < -0.3 is 15.5 Å². The first-order valence-electron chi connectivity index (χ1n) is 4.44. The van der Waals surface area contributed by atoms with Gasteiger partial charge in [0.1, 0.15) is 5.84 Å². The van der Waals surface area contributed by atoms with E-state index in [2.05, 4.69) is 4.99 Å². The molecule has 0 aliphatic carbocycles. The number of amidine groups is 1. The molecule has 2 rings (SSSR count). The first kappa shape index (κ1) is 11.0. The Hall–Kier alpha value is -1.49. The molecule has 0 fully saturated rings. The lowest BCUT2D eigenvalue weighted by atomic mass is 10.0. The van der Waals surface area contributed by atoms with Crippen LogP contribution in [0.25, 0.3) is 0 Å². The number of fused-ring (bicyclic) bond motifs is 1. The Labute approximate surface area is 91.0 Å². The molecule has 0 saturated heterocycles. The Balaban J connectivity index is 2.61. The quantitative estimate of drug-likeness (QED) is 0.615. The number of hydrogen-bond acceptors (Lipinski definition) is 4. The minimum absolute atomic E-state index is 0.185. The van der Waals surface area contributed by atoms with Crippen LogP contribution < -0.4 is 5.73 Å². The Morgan fingerprint density at radius 1 is 1.31 bits per heavy atom. The summed E-state index contributed by atoms with van der Waals surface area (Å²) in [5, 5.41) is 0. The third-order valence-corrected chi connectivity index (χ3v) is 3.46. The topological polar surface area (TPSA) is 113 Å². The van der Waals surface area contributed by atoms with Crippen molar-refractivity contribution in [1.29, 1.82) is 0 Å². The summed E-state index contributed by atoms with van der Waals surface area (Å²) < 4.78 is 11.1. The Bertz CT molecular complexity index is 534. The van der Waals surface area contributed by atoms with Crippen molar-refractivity contribution in [1.82, 2.24) is 0 Å². The largest absolute Gasteiger partial charge is 0.386 e. The Morgan fingerprint density at radius 3 is 2.56 bits per heavy atom. The van der Waals surface area contributed by atoms with Crippen LogP contribution in [0.2, 0.25) is 0 Å². The van der Waals surface area contributed by atoms with Crippen LogP contribution in [-0.2, 0) is 4.57 Å². The molecule has 0 amide bonds. The SMILES string of the molecule is NC1=Nc2ccccc2C(=O)C1P(=O)(O)O. The van der Waals surface area contributed by atoms with Gasteiger partial charge in [-0.2, -0.15) is 0 Å². The van der Waals surface area contributed by atoms with Crippen LogP contribution in [0.3, 0.4) is 0 Å². The summed E-state index contributed by atoms with van der Waals surface area (Å²) in [6.45, 7) is 0. The second-order valence-corrected chi connectivity index (χ2v) is 5.10. The Kier molecular flexibility index (Phi) is 2.42. The van der Waals surface area contributed by atoms with Crippen LogP contribution >= 0.6 is 7.60 Å². The van der Waals surface area contributed by atoms with Crippen molar-refractivity contribution >= 4 is 24.9 Å². The van der Waals surface area contributed by atoms with E-state index in [0.717, 1.165) is 0 Å².